The Hall–Kier alpha value is -4.29. The van der Waals surface area contributed by atoms with Gasteiger partial charge in [0.15, 0.2) is 5.78 Å². The van der Waals surface area contributed by atoms with Crippen molar-refractivity contribution in [3.63, 3.8) is 0 Å². The number of ether oxygens (including phenoxy) is 2. The molecule has 234 valence electrons. The van der Waals surface area contributed by atoms with Gasteiger partial charge >= 0.3 is 7.12 Å². The Kier molecular flexibility index (Phi) is 13.8. The standard InChI is InChI=1S/C32H41BN4O7/c1-22(2)18-30(33(41)42)37-31(39)21-35-32(40)28-20-34-19-27(36-28)29(38)15-10-24-8-13-26(14-9-24)44-17-5-4-16-43-25-11-6-23(3)7-12-25/h6-9,11-14,19-20,22,30,41-42H,4-5,10,15-18,21H2,1-3H3,(H,35,40)(H,37,39). The van der Waals surface area contributed by atoms with E-state index in [2.05, 4.69) is 20.6 Å². The van der Waals surface area contributed by atoms with Crippen LogP contribution in [0.15, 0.2) is 60.9 Å². The number of nitrogens with zero attached hydrogens (tertiary/aromatic N) is 2. The average molecular weight is 605 g/mol. The van der Waals surface area contributed by atoms with Crippen LogP contribution in [0.5, 0.6) is 11.5 Å². The molecule has 1 atom stereocenters. The summed E-state index contributed by atoms with van der Waals surface area (Å²) >= 11 is 0. The number of carbonyl (C=O) groups is 3. The second kappa shape index (κ2) is 17.7. The van der Waals surface area contributed by atoms with E-state index in [1.807, 2.05) is 69.3 Å². The lowest BCUT2D eigenvalue weighted by molar-refractivity contribution is -0.120. The van der Waals surface area contributed by atoms with Gasteiger partial charge in [0.25, 0.3) is 5.91 Å². The first kappa shape index (κ1) is 34.2. The number of rotatable bonds is 18. The fourth-order valence-electron chi connectivity index (χ4n) is 4.24. The predicted octanol–water partition coefficient (Wildman–Crippen LogP) is 3.11. The molecule has 0 saturated heterocycles. The van der Waals surface area contributed by atoms with Crippen LogP contribution in [0, 0.1) is 12.8 Å². The molecule has 12 heteroatoms. The van der Waals surface area contributed by atoms with Crippen LogP contribution < -0.4 is 20.1 Å². The van der Waals surface area contributed by atoms with Crippen molar-refractivity contribution < 1.29 is 33.9 Å². The van der Waals surface area contributed by atoms with Crippen LogP contribution >= 0.6 is 0 Å². The highest BCUT2D eigenvalue weighted by Gasteiger charge is 2.26. The number of hydrogen-bond donors (Lipinski definition) is 4. The third-order valence-electron chi connectivity index (χ3n) is 6.66. The minimum absolute atomic E-state index is 0.0498. The van der Waals surface area contributed by atoms with E-state index in [1.165, 1.54) is 18.0 Å². The fraction of sp³-hybridized carbons (Fsp3) is 0.406. The molecule has 0 fully saturated rings. The number of aromatic nitrogens is 2. The van der Waals surface area contributed by atoms with E-state index in [0.29, 0.717) is 26.1 Å². The number of nitrogens with one attached hydrogen (secondary N) is 2. The van der Waals surface area contributed by atoms with E-state index in [4.69, 9.17) is 9.47 Å². The Balaban J connectivity index is 1.37. The molecule has 11 nitrogen and oxygen atoms in total. The predicted molar refractivity (Wildman–Crippen MR) is 166 cm³/mol. The second-order valence-corrected chi connectivity index (χ2v) is 11.0. The molecule has 0 bridgehead atoms. The van der Waals surface area contributed by atoms with Crippen LogP contribution in [-0.4, -0.2) is 70.4 Å². The summed E-state index contributed by atoms with van der Waals surface area (Å²) in [5.41, 5.74) is 2.10. The van der Waals surface area contributed by atoms with Crippen LogP contribution in [0.1, 0.15) is 71.6 Å². The van der Waals surface area contributed by atoms with Gasteiger partial charge in [0.05, 0.1) is 38.1 Å². The van der Waals surface area contributed by atoms with E-state index >= 15 is 0 Å². The van der Waals surface area contributed by atoms with Crippen molar-refractivity contribution in [2.45, 2.75) is 58.8 Å². The summed E-state index contributed by atoms with van der Waals surface area (Å²) in [5, 5.41) is 23.8. The quantitative estimate of drug-likeness (QED) is 0.0972. The zero-order valence-corrected chi connectivity index (χ0v) is 25.5. The molecule has 0 aliphatic rings. The van der Waals surface area contributed by atoms with Crippen molar-refractivity contribution in [1.29, 1.82) is 0 Å². The van der Waals surface area contributed by atoms with Gasteiger partial charge < -0.3 is 30.2 Å². The maximum atomic E-state index is 12.8. The molecule has 44 heavy (non-hydrogen) atoms. The lowest BCUT2D eigenvalue weighted by atomic mass is 9.75. The largest absolute Gasteiger partial charge is 0.494 e. The van der Waals surface area contributed by atoms with Crippen molar-refractivity contribution in [3.8, 4) is 11.5 Å². The summed E-state index contributed by atoms with van der Waals surface area (Å²) in [6.45, 7) is 6.62. The Labute approximate surface area is 258 Å². The first-order chi connectivity index (χ1) is 21.1. The molecule has 0 aliphatic carbocycles. The Morgan fingerprint density at radius 1 is 0.886 bits per heavy atom. The SMILES string of the molecule is Cc1ccc(OCCCCOc2ccc(CCC(=O)c3cncc(C(=O)NCC(=O)NC(CC(C)C)B(O)O)n3)cc2)cc1. The summed E-state index contributed by atoms with van der Waals surface area (Å²) in [7, 11) is -1.72. The van der Waals surface area contributed by atoms with Gasteiger partial charge in [-0.25, -0.2) is 4.98 Å². The molecule has 0 radical (unpaired) electrons. The lowest BCUT2D eigenvalue weighted by Crippen LogP contribution is -2.50. The minimum Gasteiger partial charge on any atom is -0.494 e. The summed E-state index contributed by atoms with van der Waals surface area (Å²) < 4.78 is 11.5. The van der Waals surface area contributed by atoms with Crippen LogP contribution in [0.4, 0.5) is 0 Å². The summed E-state index contributed by atoms with van der Waals surface area (Å²) in [6.07, 6.45) is 5.25. The number of ketones is 1. The third-order valence-corrected chi connectivity index (χ3v) is 6.66. The zero-order valence-electron chi connectivity index (χ0n) is 25.5. The lowest BCUT2D eigenvalue weighted by Gasteiger charge is -2.19. The number of amides is 2. The average Bonchev–Trinajstić information content (AvgIpc) is 3.01. The number of benzene rings is 2. The molecule has 0 aliphatic heterocycles. The Morgan fingerprint density at radius 3 is 2.07 bits per heavy atom. The highest BCUT2D eigenvalue weighted by Crippen LogP contribution is 2.16. The maximum Gasteiger partial charge on any atom is 0.475 e. The topological polar surface area (TPSA) is 160 Å². The molecule has 4 N–H and O–H groups in total. The van der Waals surface area contributed by atoms with Crippen LogP contribution in [0.3, 0.4) is 0 Å². The van der Waals surface area contributed by atoms with Gasteiger partial charge in [-0.1, -0.05) is 43.7 Å². The molecule has 0 saturated carbocycles. The first-order valence-corrected chi connectivity index (χ1v) is 14.8. The van der Waals surface area contributed by atoms with Crippen molar-refractivity contribution in [2.24, 2.45) is 5.92 Å². The molecule has 1 unspecified atom stereocenters. The molecular weight excluding hydrogens is 563 g/mol. The summed E-state index contributed by atoms with van der Waals surface area (Å²) in [6, 6.07) is 15.5. The first-order valence-electron chi connectivity index (χ1n) is 14.8. The highest BCUT2D eigenvalue weighted by atomic mass is 16.5. The Bertz CT molecular complexity index is 1350. The van der Waals surface area contributed by atoms with Crippen molar-refractivity contribution in [3.05, 3.63) is 83.4 Å². The van der Waals surface area contributed by atoms with Gasteiger partial charge in [-0.2, -0.15) is 0 Å². The highest BCUT2D eigenvalue weighted by molar-refractivity contribution is 6.43. The Morgan fingerprint density at radius 2 is 1.48 bits per heavy atom. The van der Waals surface area contributed by atoms with Gasteiger partial charge in [-0.15, -0.1) is 0 Å². The number of aryl methyl sites for hydroxylation is 2. The van der Waals surface area contributed by atoms with Gasteiger partial charge in [0.2, 0.25) is 5.91 Å². The van der Waals surface area contributed by atoms with Crippen molar-refractivity contribution in [1.82, 2.24) is 20.6 Å². The number of carbonyl (C=O) groups excluding carboxylic acids is 3. The third kappa shape index (κ3) is 12.1. The number of Topliss-reactive ketones (excluding diaryl/α,β-unsaturated/α-hetero) is 1. The van der Waals surface area contributed by atoms with Gasteiger partial charge in [0.1, 0.15) is 22.9 Å². The van der Waals surface area contributed by atoms with E-state index < -0.39 is 31.4 Å². The summed E-state index contributed by atoms with van der Waals surface area (Å²) in [5.74, 6) is -0.655. The van der Waals surface area contributed by atoms with Gasteiger partial charge in [-0.05, 0) is 68.4 Å². The normalized spacial score (nSPS) is 11.5. The zero-order chi connectivity index (χ0) is 31.9. The van der Waals surface area contributed by atoms with E-state index in [9.17, 15) is 24.4 Å². The molecule has 3 aromatic rings. The fourth-order valence-corrected chi connectivity index (χ4v) is 4.24. The van der Waals surface area contributed by atoms with Gasteiger partial charge in [-0.3, -0.25) is 19.4 Å². The van der Waals surface area contributed by atoms with Crippen LogP contribution in [0.25, 0.3) is 0 Å². The van der Waals surface area contributed by atoms with E-state index in [-0.39, 0.29) is 29.5 Å². The molecule has 2 amide bonds. The maximum absolute atomic E-state index is 12.8. The molecule has 1 aromatic heterocycles. The smallest absolute Gasteiger partial charge is 0.475 e. The van der Waals surface area contributed by atoms with Crippen molar-refractivity contribution >= 4 is 24.7 Å². The second-order valence-electron chi connectivity index (χ2n) is 11.0. The molecule has 2 aromatic carbocycles. The van der Waals surface area contributed by atoms with E-state index in [1.54, 1.807) is 0 Å². The molecule has 0 spiro atoms. The minimum atomic E-state index is -1.72. The molecular formula is C32H41BN4O7. The number of hydrogen-bond acceptors (Lipinski definition) is 9. The monoisotopic (exact) mass is 604 g/mol. The molecule has 3 rings (SSSR count). The van der Waals surface area contributed by atoms with Crippen LogP contribution in [-0.2, 0) is 11.2 Å². The van der Waals surface area contributed by atoms with Gasteiger partial charge in [0, 0.05) is 6.42 Å². The van der Waals surface area contributed by atoms with E-state index in [0.717, 1.165) is 29.9 Å². The summed E-state index contributed by atoms with van der Waals surface area (Å²) in [4.78, 5) is 45.5. The van der Waals surface area contributed by atoms with Crippen molar-refractivity contribution in [2.75, 3.05) is 19.8 Å². The van der Waals surface area contributed by atoms with Crippen LogP contribution in [0.2, 0.25) is 0 Å². The molecule has 1 heterocycles. The number of unbranched alkanes of at least 4 members (excludes halogenated alkanes) is 1.